The van der Waals surface area contributed by atoms with Crippen LogP contribution >= 0.6 is 15.9 Å². The van der Waals surface area contributed by atoms with Gasteiger partial charge >= 0.3 is 5.97 Å². The van der Waals surface area contributed by atoms with E-state index in [2.05, 4.69) is 15.9 Å². The molecule has 1 N–H and O–H groups in total. The predicted molar refractivity (Wildman–Crippen MR) is 75.9 cm³/mol. The molecule has 0 fully saturated rings. The molecule has 1 heterocycles. The summed E-state index contributed by atoms with van der Waals surface area (Å²) in [6.07, 6.45) is -0.191. The molecule has 0 bridgehead atoms. The molecule has 0 spiro atoms. The van der Waals surface area contributed by atoms with E-state index in [0.29, 0.717) is 11.1 Å². The standard InChI is InChI=1S/C14H21BrO4/c1-5-10(16)9(4)13(8(2)3)19-14(17)11-6-7-12(15)18-11/h6-10,13,16H,5H2,1-4H3/t9-,10-,13-/m0/s1. The highest BCUT2D eigenvalue weighted by atomic mass is 79.9. The minimum absolute atomic E-state index is 0.118. The fourth-order valence-corrected chi connectivity index (χ4v) is 2.35. The van der Waals surface area contributed by atoms with Crippen molar-refractivity contribution in [3.8, 4) is 0 Å². The Morgan fingerprint density at radius 2 is 2.05 bits per heavy atom. The van der Waals surface area contributed by atoms with Crippen LogP contribution in [-0.2, 0) is 4.74 Å². The van der Waals surface area contributed by atoms with E-state index >= 15 is 0 Å². The number of aliphatic hydroxyl groups excluding tert-OH is 1. The van der Waals surface area contributed by atoms with Gasteiger partial charge in [-0.1, -0.05) is 27.7 Å². The first kappa shape index (κ1) is 16.2. The number of hydrogen-bond acceptors (Lipinski definition) is 4. The third-order valence-corrected chi connectivity index (χ3v) is 3.64. The monoisotopic (exact) mass is 332 g/mol. The van der Waals surface area contributed by atoms with Gasteiger partial charge in [0, 0.05) is 5.92 Å². The zero-order chi connectivity index (χ0) is 14.6. The van der Waals surface area contributed by atoms with Gasteiger partial charge in [-0.25, -0.2) is 4.79 Å². The Balaban J connectivity index is 2.76. The van der Waals surface area contributed by atoms with Gasteiger partial charge in [0.1, 0.15) is 6.10 Å². The quantitative estimate of drug-likeness (QED) is 0.808. The zero-order valence-corrected chi connectivity index (χ0v) is 13.3. The highest BCUT2D eigenvalue weighted by Gasteiger charge is 2.30. The van der Waals surface area contributed by atoms with E-state index in [9.17, 15) is 9.90 Å². The minimum atomic E-state index is -0.500. The van der Waals surface area contributed by atoms with E-state index in [0.717, 1.165) is 0 Å². The van der Waals surface area contributed by atoms with Crippen molar-refractivity contribution in [2.24, 2.45) is 11.8 Å². The number of esters is 1. The van der Waals surface area contributed by atoms with Gasteiger partial charge in [0.15, 0.2) is 4.67 Å². The summed E-state index contributed by atoms with van der Waals surface area (Å²) in [5.41, 5.74) is 0. The number of ether oxygens (including phenoxy) is 1. The zero-order valence-electron chi connectivity index (χ0n) is 11.7. The number of aliphatic hydroxyl groups is 1. The molecule has 0 aliphatic carbocycles. The molecule has 3 atom stereocenters. The number of hydrogen-bond donors (Lipinski definition) is 1. The highest BCUT2D eigenvalue weighted by Crippen LogP contribution is 2.24. The van der Waals surface area contributed by atoms with Crippen LogP contribution in [0.5, 0.6) is 0 Å². The summed E-state index contributed by atoms with van der Waals surface area (Å²) in [6.45, 7) is 7.73. The van der Waals surface area contributed by atoms with E-state index in [1.807, 2.05) is 27.7 Å². The van der Waals surface area contributed by atoms with Crippen molar-refractivity contribution in [1.29, 1.82) is 0 Å². The summed E-state index contributed by atoms with van der Waals surface area (Å²) in [5, 5.41) is 9.91. The maximum atomic E-state index is 12.0. The van der Waals surface area contributed by atoms with Crippen LogP contribution in [0.25, 0.3) is 0 Å². The van der Waals surface area contributed by atoms with E-state index in [1.165, 1.54) is 0 Å². The van der Waals surface area contributed by atoms with Gasteiger partial charge in [-0.3, -0.25) is 0 Å². The molecule has 0 aliphatic rings. The lowest BCUT2D eigenvalue weighted by Gasteiger charge is -2.29. The van der Waals surface area contributed by atoms with Crippen LogP contribution in [-0.4, -0.2) is 23.3 Å². The van der Waals surface area contributed by atoms with Gasteiger partial charge in [0.05, 0.1) is 6.10 Å². The van der Waals surface area contributed by atoms with Gasteiger partial charge in [-0.05, 0) is 40.4 Å². The van der Waals surface area contributed by atoms with Gasteiger partial charge in [-0.2, -0.15) is 0 Å². The molecule has 1 rings (SSSR count). The fraction of sp³-hybridized carbons (Fsp3) is 0.643. The molecule has 1 aromatic heterocycles. The van der Waals surface area contributed by atoms with E-state index in [-0.39, 0.29) is 23.7 Å². The minimum Gasteiger partial charge on any atom is -0.456 e. The van der Waals surface area contributed by atoms with Crippen molar-refractivity contribution in [2.45, 2.75) is 46.3 Å². The number of carbonyl (C=O) groups excluding carboxylic acids is 1. The Kier molecular flexibility index (Phi) is 6.07. The third-order valence-electron chi connectivity index (χ3n) is 3.22. The van der Waals surface area contributed by atoms with Gasteiger partial charge in [0.2, 0.25) is 5.76 Å². The smallest absolute Gasteiger partial charge is 0.374 e. The largest absolute Gasteiger partial charge is 0.456 e. The van der Waals surface area contributed by atoms with E-state index in [1.54, 1.807) is 12.1 Å². The van der Waals surface area contributed by atoms with E-state index < -0.39 is 12.1 Å². The number of carbonyl (C=O) groups is 1. The van der Waals surface area contributed by atoms with Crippen LogP contribution in [0.4, 0.5) is 0 Å². The first-order valence-corrected chi connectivity index (χ1v) is 7.30. The van der Waals surface area contributed by atoms with Crippen molar-refractivity contribution < 1.29 is 19.1 Å². The summed E-state index contributed by atoms with van der Waals surface area (Å²) in [7, 11) is 0. The molecule has 19 heavy (non-hydrogen) atoms. The second-order valence-corrected chi connectivity index (χ2v) is 5.83. The molecular weight excluding hydrogens is 312 g/mol. The summed E-state index contributed by atoms with van der Waals surface area (Å²) in [4.78, 5) is 12.0. The Labute approximate surface area is 122 Å². The fourth-order valence-electron chi connectivity index (χ4n) is 2.05. The first-order chi connectivity index (χ1) is 8.86. The molecule has 0 amide bonds. The summed E-state index contributed by atoms with van der Waals surface area (Å²) in [6, 6.07) is 3.20. The molecule has 5 heteroatoms. The van der Waals surface area contributed by atoms with Crippen LogP contribution < -0.4 is 0 Å². The Morgan fingerprint density at radius 1 is 1.42 bits per heavy atom. The van der Waals surface area contributed by atoms with E-state index in [4.69, 9.17) is 9.15 Å². The molecular formula is C14H21BrO4. The summed E-state index contributed by atoms with van der Waals surface area (Å²) in [5.74, 6) is -0.332. The van der Waals surface area contributed by atoms with Crippen molar-refractivity contribution in [3.63, 3.8) is 0 Å². The van der Waals surface area contributed by atoms with Crippen LogP contribution in [0.3, 0.4) is 0 Å². The second kappa shape index (κ2) is 7.10. The van der Waals surface area contributed by atoms with Gasteiger partial charge in [-0.15, -0.1) is 0 Å². The van der Waals surface area contributed by atoms with Crippen LogP contribution in [0, 0.1) is 11.8 Å². The average molecular weight is 333 g/mol. The number of furan rings is 1. The molecule has 108 valence electrons. The van der Waals surface area contributed by atoms with Crippen molar-refractivity contribution in [1.82, 2.24) is 0 Å². The topological polar surface area (TPSA) is 59.7 Å². The SMILES string of the molecule is CC[C@H](O)[C@H](C)[C@@H](OC(=O)c1ccc(Br)o1)C(C)C. The highest BCUT2D eigenvalue weighted by molar-refractivity contribution is 9.10. The first-order valence-electron chi connectivity index (χ1n) is 6.51. The Hall–Kier alpha value is -0.810. The summed E-state index contributed by atoms with van der Waals surface area (Å²) < 4.78 is 11.1. The van der Waals surface area contributed by atoms with Gasteiger partial charge in [0.25, 0.3) is 0 Å². The molecule has 0 radical (unpaired) electrons. The lowest BCUT2D eigenvalue weighted by atomic mass is 9.89. The molecule has 4 nitrogen and oxygen atoms in total. The van der Waals surface area contributed by atoms with Gasteiger partial charge < -0.3 is 14.3 Å². The number of rotatable bonds is 6. The van der Waals surface area contributed by atoms with Crippen molar-refractivity contribution in [3.05, 3.63) is 22.6 Å². The Morgan fingerprint density at radius 3 is 2.47 bits per heavy atom. The normalized spacial score (nSPS) is 16.2. The van der Waals surface area contributed by atoms with Crippen molar-refractivity contribution >= 4 is 21.9 Å². The maximum Gasteiger partial charge on any atom is 0.374 e. The Bertz CT molecular complexity index is 413. The molecule has 1 aromatic rings. The van der Waals surface area contributed by atoms with Crippen molar-refractivity contribution in [2.75, 3.05) is 0 Å². The summed E-state index contributed by atoms with van der Waals surface area (Å²) >= 11 is 3.14. The number of halogens is 1. The van der Waals surface area contributed by atoms with Crippen LogP contribution in [0.2, 0.25) is 0 Å². The lowest BCUT2D eigenvalue weighted by Crippen LogP contribution is -2.36. The average Bonchev–Trinajstić information content (AvgIpc) is 2.80. The molecule has 0 unspecified atom stereocenters. The predicted octanol–water partition coefficient (Wildman–Crippen LogP) is 3.63. The molecule has 0 saturated carbocycles. The maximum absolute atomic E-state index is 12.0. The molecule has 0 saturated heterocycles. The second-order valence-electron chi connectivity index (χ2n) is 5.05. The van der Waals surface area contributed by atoms with Crippen LogP contribution in [0.15, 0.2) is 21.2 Å². The van der Waals surface area contributed by atoms with Crippen LogP contribution in [0.1, 0.15) is 44.7 Å². The molecule has 0 aromatic carbocycles. The third kappa shape index (κ3) is 4.35. The lowest BCUT2D eigenvalue weighted by molar-refractivity contribution is -0.0336. The molecule has 0 aliphatic heterocycles.